The molecule has 37 heavy (non-hydrogen) atoms. The zero-order chi connectivity index (χ0) is 26.0. The molecule has 1 aliphatic heterocycles. The van der Waals surface area contributed by atoms with E-state index in [1.54, 1.807) is 24.4 Å². The quantitative estimate of drug-likeness (QED) is 0.335. The maximum atomic E-state index is 13.0. The van der Waals surface area contributed by atoms with Crippen molar-refractivity contribution in [2.24, 2.45) is 0 Å². The number of carbonyl (C=O) groups is 1. The number of ether oxygens (including phenoxy) is 1. The molecule has 3 N–H and O–H groups in total. The number of hydrogen-bond donors (Lipinski definition) is 3. The molecule has 2 aromatic carbocycles. The van der Waals surface area contributed by atoms with E-state index < -0.39 is 17.6 Å². The number of rotatable bonds is 6. The van der Waals surface area contributed by atoms with E-state index in [1.807, 2.05) is 6.92 Å². The van der Waals surface area contributed by atoms with Gasteiger partial charge in [0.1, 0.15) is 17.4 Å². The molecule has 0 saturated carbocycles. The van der Waals surface area contributed by atoms with Crippen LogP contribution in [0.3, 0.4) is 0 Å². The highest BCUT2D eigenvalue weighted by molar-refractivity contribution is 6.05. The second-order valence-electron chi connectivity index (χ2n) is 8.54. The standard InChI is InChI=1S/C25H22F3N7O2/c1-14-5-6-15(23(36)32-17-4-2-3-16(10-17)25(26,27)28)9-19(14)34-22-21-20(30-13-31-22)11-29-24(35-21)33-18-7-8-37-12-18/h2-6,9-11,13,18H,7-8,12H2,1H3,(H,32,36)(H,29,33,35)(H,30,31,34). The maximum absolute atomic E-state index is 13.0. The van der Waals surface area contributed by atoms with Gasteiger partial charge in [-0.3, -0.25) is 4.79 Å². The molecule has 5 rings (SSSR count). The van der Waals surface area contributed by atoms with Crippen molar-refractivity contribution in [3.05, 3.63) is 71.7 Å². The fourth-order valence-corrected chi connectivity index (χ4v) is 3.85. The van der Waals surface area contributed by atoms with Crippen LogP contribution in [0.2, 0.25) is 0 Å². The number of anilines is 4. The summed E-state index contributed by atoms with van der Waals surface area (Å²) in [6, 6.07) is 9.52. The number of aryl methyl sites for hydroxylation is 1. The Morgan fingerprint density at radius 1 is 1.11 bits per heavy atom. The number of amides is 1. The van der Waals surface area contributed by atoms with Gasteiger partial charge in [-0.1, -0.05) is 12.1 Å². The van der Waals surface area contributed by atoms with E-state index in [0.29, 0.717) is 41.7 Å². The van der Waals surface area contributed by atoms with Crippen molar-refractivity contribution in [1.82, 2.24) is 19.9 Å². The van der Waals surface area contributed by atoms with Crippen molar-refractivity contribution in [3.8, 4) is 0 Å². The fourth-order valence-electron chi connectivity index (χ4n) is 3.85. The molecule has 0 radical (unpaired) electrons. The zero-order valence-corrected chi connectivity index (χ0v) is 19.6. The molecule has 0 bridgehead atoms. The molecule has 4 aromatic rings. The fraction of sp³-hybridized carbons (Fsp3) is 0.240. The summed E-state index contributed by atoms with van der Waals surface area (Å²) in [6.07, 6.45) is -0.678. The first-order chi connectivity index (χ1) is 17.8. The van der Waals surface area contributed by atoms with E-state index in [2.05, 4.69) is 35.9 Å². The monoisotopic (exact) mass is 509 g/mol. The number of carbonyl (C=O) groups excluding carboxylic acids is 1. The number of nitrogens with one attached hydrogen (secondary N) is 3. The number of hydrogen-bond acceptors (Lipinski definition) is 8. The number of halogens is 3. The van der Waals surface area contributed by atoms with Gasteiger partial charge in [-0.15, -0.1) is 0 Å². The number of aromatic nitrogens is 4. The highest BCUT2D eigenvalue weighted by Gasteiger charge is 2.30. The second kappa shape index (κ2) is 9.97. The highest BCUT2D eigenvalue weighted by Crippen LogP contribution is 2.31. The van der Waals surface area contributed by atoms with E-state index >= 15 is 0 Å². The van der Waals surface area contributed by atoms with Gasteiger partial charge in [0.25, 0.3) is 5.91 Å². The van der Waals surface area contributed by atoms with Crippen molar-refractivity contribution < 1.29 is 22.7 Å². The molecule has 190 valence electrons. The minimum Gasteiger partial charge on any atom is -0.379 e. The van der Waals surface area contributed by atoms with Crippen LogP contribution in [-0.4, -0.2) is 45.1 Å². The number of nitrogens with zero attached hydrogens (tertiary/aromatic N) is 4. The third-order valence-corrected chi connectivity index (χ3v) is 5.84. The lowest BCUT2D eigenvalue weighted by Crippen LogP contribution is -2.20. The smallest absolute Gasteiger partial charge is 0.379 e. The largest absolute Gasteiger partial charge is 0.416 e. The predicted molar refractivity (Wildman–Crippen MR) is 132 cm³/mol. The SMILES string of the molecule is Cc1ccc(C(=O)Nc2cccc(C(F)(F)F)c2)cc1Nc1ncnc2cnc(NC3CCOC3)nc12. The van der Waals surface area contributed by atoms with Crippen LogP contribution in [0.25, 0.3) is 11.0 Å². The minimum absolute atomic E-state index is 0.0427. The van der Waals surface area contributed by atoms with Gasteiger partial charge in [-0.2, -0.15) is 13.2 Å². The molecule has 3 heterocycles. The molecule has 1 atom stereocenters. The van der Waals surface area contributed by atoms with Crippen molar-refractivity contribution in [1.29, 1.82) is 0 Å². The Hall–Kier alpha value is -4.32. The summed E-state index contributed by atoms with van der Waals surface area (Å²) in [4.78, 5) is 30.3. The van der Waals surface area contributed by atoms with Gasteiger partial charge < -0.3 is 20.7 Å². The van der Waals surface area contributed by atoms with Crippen molar-refractivity contribution >= 4 is 40.1 Å². The van der Waals surface area contributed by atoms with Gasteiger partial charge in [-0.25, -0.2) is 19.9 Å². The van der Waals surface area contributed by atoms with Gasteiger partial charge in [0.05, 0.1) is 24.4 Å². The van der Waals surface area contributed by atoms with Crippen molar-refractivity contribution in [2.45, 2.75) is 25.6 Å². The lowest BCUT2D eigenvalue weighted by molar-refractivity contribution is -0.137. The van der Waals surface area contributed by atoms with Crippen molar-refractivity contribution in [3.63, 3.8) is 0 Å². The Bertz CT molecular complexity index is 1460. The third kappa shape index (κ3) is 5.59. The van der Waals surface area contributed by atoms with Gasteiger partial charge in [0, 0.05) is 23.5 Å². The first-order valence-corrected chi connectivity index (χ1v) is 11.4. The van der Waals surface area contributed by atoms with Crippen LogP contribution in [0.15, 0.2) is 55.0 Å². The molecule has 1 saturated heterocycles. The summed E-state index contributed by atoms with van der Waals surface area (Å²) in [7, 11) is 0. The van der Waals surface area contributed by atoms with Crippen LogP contribution >= 0.6 is 0 Å². The van der Waals surface area contributed by atoms with E-state index in [9.17, 15) is 18.0 Å². The molecule has 0 aliphatic carbocycles. The van der Waals surface area contributed by atoms with E-state index in [0.717, 1.165) is 24.1 Å². The first kappa shape index (κ1) is 24.4. The van der Waals surface area contributed by atoms with E-state index in [1.165, 1.54) is 18.5 Å². The lowest BCUT2D eigenvalue weighted by Gasteiger charge is -2.14. The summed E-state index contributed by atoms with van der Waals surface area (Å²) >= 11 is 0. The predicted octanol–water partition coefficient (Wildman–Crippen LogP) is 4.94. The Morgan fingerprint density at radius 2 is 1.97 bits per heavy atom. The molecule has 1 fully saturated rings. The molecule has 1 amide bonds. The van der Waals surface area contributed by atoms with Gasteiger partial charge in [0.15, 0.2) is 5.82 Å². The number of benzene rings is 2. The Balaban J connectivity index is 1.39. The molecule has 0 spiro atoms. The highest BCUT2D eigenvalue weighted by atomic mass is 19.4. The molecule has 2 aromatic heterocycles. The zero-order valence-electron chi connectivity index (χ0n) is 19.6. The van der Waals surface area contributed by atoms with Crippen LogP contribution in [-0.2, 0) is 10.9 Å². The average Bonchev–Trinajstić information content (AvgIpc) is 3.38. The van der Waals surface area contributed by atoms with Crippen LogP contribution in [0.5, 0.6) is 0 Å². The molecule has 12 heteroatoms. The van der Waals surface area contributed by atoms with Gasteiger partial charge in [-0.05, 0) is 49.2 Å². The second-order valence-corrected chi connectivity index (χ2v) is 8.54. The number of fused-ring (bicyclic) bond motifs is 1. The average molecular weight is 509 g/mol. The van der Waals surface area contributed by atoms with Crippen LogP contribution in [0.1, 0.15) is 27.9 Å². The summed E-state index contributed by atoms with van der Waals surface area (Å²) in [6.45, 7) is 3.10. The van der Waals surface area contributed by atoms with E-state index in [-0.39, 0.29) is 17.3 Å². The summed E-state index contributed by atoms with van der Waals surface area (Å²) in [5, 5.41) is 8.96. The molecule has 1 unspecified atom stereocenters. The normalized spacial score (nSPS) is 15.5. The summed E-state index contributed by atoms with van der Waals surface area (Å²) in [5.41, 5.74) is 1.86. The maximum Gasteiger partial charge on any atom is 0.416 e. The van der Waals surface area contributed by atoms with Crippen LogP contribution in [0.4, 0.5) is 36.3 Å². The van der Waals surface area contributed by atoms with Crippen molar-refractivity contribution in [2.75, 3.05) is 29.2 Å². The first-order valence-electron chi connectivity index (χ1n) is 11.4. The summed E-state index contributed by atoms with van der Waals surface area (Å²) in [5.74, 6) is 0.283. The minimum atomic E-state index is -4.51. The van der Waals surface area contributed by atoms with Gasteiger partial charge >= 0.3 is 6.18 Å². The van der Waals surface area contributed by atoms with Crippen LogP contribution < -0.4 is 16.0 Å². The number of alkyl halides is 3. The van der Waals surface area contributed by atoms with Gasteiger partial charge in [0.2, 0.25) is 5.95 Å². The topological polar surface area (TPSA) is 114 Å². The lowest BCUT2D eigenvalue weighted by atomic mass is 10.1. The summed E-state index contributed by atoms with van der Waals surface area (Å²) < 4.78 is 44.4. The Kier molecular flexibility index (Phi) is 6.57. The Morgan fingerprint density at radius 3 is 2.76 bits per heavy atom. The molecular formula is C25H22F3N7O2. The Labute approximate surface area is 209 Å². The molecule has 9 nitrogen and oxygen atoms in total. The third-order valence-electron chi connectivity index (χ3n) is 5.84. The molecule has 1 aliphatic rings. The van der Waals surface area contributed by atoms with Crippen LogP contribution in [0, 0.1) is 6.92 Å². The van der Waals surface area contributed by atoms with E-state index in [4.69, 9.17) is 4.74 Å². The molecular weight excluding hydrogens is 487 g/mol.